The number of aryl methyl sites for hydroxylation is 1. The number of hydrogen-bond acceptors (Lipinski definition) is 3. The highest BCUT2D eigenvalue weighted by molar-refractivity contribution is 6.31. The van der Waals surface area contributed by atoms with Crippen molar-refractivity contribution in [2.75, 3.05) is 12.4 Å². The number of amides is 1. The van der Waals surface area contributed by atoms with Crippen LogP contribution in [0.1, 0.15) is 15.9 Å². The van der Waals surface area contributed by atoms with Crippen LogP contribution in [0.25, 0.3) is 5.65 Å². The Morgan fingerprint density at radius 1 is 1.36 bits per heavy atom. The van der Waals surface area contributed by atoms with Crippen LogP contribution in [0.2, 0.25) is 5.02 Å². The molecule has 22 heavy (non-hydrogen) atoms. The number of fused-ring (bicyclic) bond motifs is 1. The molecule has 0 saturated carbocycles. The van der Waals surface area contributed by atoms with E-state index in [2.05, 4.69) is 10.3 Å². The molecular weight excluding hydrogens is 302 g/mol. The van der Waals surface area contributed by atoms with Crippen LogP contribution in [0.15, 0.2) is 42.9 Å². The van der Waals surface area contributed by atoms with E-state index in [1.807, 2.05) is 6.92 Å². The quantitative estimate of drug-likeness (QED) is 0.804. The number of nitrogens with one attached hydrogen (secondary N) is 1. The number of carbonyl (C=O) groups is 1. The van der Waals surface area contributed by atoms with Gasteiger partial charge in [0.15, 0.2) is 0 Å². The maximum absolute atomic E-state index is 12.4. The number of benzene rings is 1. The fourth-order valence-electron chi connectivity index (χ4n) is 2.18. The summed E-state index contributed by atoms with van der Waals surface area (Å²) in [5.41, 5.74) is 2.76. The van der Waals surface area contributed by atoms with Crippen molar-refractivity contribution in [2.24, 2.45) is 0 Å². The second-order valence-corrected chi connectivity index (χ2v) is 5.27. The van der Waals surface area contributed by atoms with Gasteiger partial charge < -0.3 is 14.5 Å². The summed E-state index contributed by atoms with van der Waals surface area (Å²) < 4.78 is 7.05. The minimum atomic E-state index is -0.226. The summed E-state index contributed by atoms with van der Waals surface area (Å²) in [7, 11) is 1.54. The molecule has 0 bridgehead atoms. The van der Waals surface area contributed by atoms with E-state index in [1.54, 1.807) is 47.3 Å². The lowest BCUT2D eigenvalue weighted by molar-refractivity contribution is 0.102. The Hall–Kier alpha value is -2.53. The summed E-state index contributed by atoms with van der Waals surface area (Å²) in [5, 5.41) is 3.44. The van der Waals surface area contributed by atoms with E-state index in [0.717, 1.165) is 11.2 Å². The molecule has 0 radical (unpaired) electrons. The highest BCUT2D eigenvalue weighted by Gasteiger charge is 2.12. The Labute approximate surface area is 132 Å². The molecule has 0 aliphatic heterocycles. The molecule has 0 aliphatic rings. The topological polar surface area (TPSA) is 55.6 Å². The van der Waals surface area contributed by atoms with Crippen molar-refractivity contribution in [3.05, 3.63) is 59.0 Å². The Bertz CT molecular complexity index is 858. The number of hydrogen-bond donors (Lipinski definition) is 1. The van der Waals surface area contributed by atoms with Crippen LogP contribution < -0.4 is 10.1 Å². The van der Waals surface area contributed by atoms with Gasteiger partial charge in [0, 0.05) is 29.7 Å². The zero-order chi connectivity index (χ0) is 15.7. The number of ether oxygens (including phenoxy) is 1. The average molecular weight is 316 g/mol. The molecular formula is C16H14ClN3O2. The second-order valence-electron chi connectivity index (χ2n) is 4.87. The maximum atomic E-state index is 12.4. The predicted molar refractivity (Wildman–Crippen MR) is 85.9 cm³/mol. The highest BCUT2D eigenvalue weighted by atomic mass is 35.5. The number of aromatic nitrogens is 2. The number of halogens is 1. The van der Waals surface area contributed by atoms with Crippen LogP contribution in [-0.4, -0.2) is 22.4 Å². The Morgan fingerprint density at radius 3 is 2.95 bits per heavy atom. The van der Waals surface area contributed by atoms with Crippen LogP contribution in [0.4, 0.5) is 5.69 Å². The van der Waals surface area contributed by atoms with Crippen LogP contribution in [-0.2, 0) is 0 Å². The molecule has 0 fully saturated rings. The summed E-state index contributed by atoms with van der Waals surface area (Å²) in [6.07, 6.45) is 5.20. The molecule has 1 aromatic carbocycles. The van der Waals surface area contributed by atoms with E-state index in [9.17, 15) is 4.79 Å². The first-order valence-corrected chi connectivity index (χ1v) is 7.04. The van der Waals surface area contributed by atoms with Crippen LogP contribution in [0, 0.1) is 6.92 Å². The molecule has 0 saturated heterocycles. The smallest absolute Gasteiger partial charge is 0.257 e. The molecule has 1 amide bonds. The lowest BCUT2D eigenvalue weighted by Gasteiger charge is -2.12. The summed E-state index contributed by atoms with van der Waals surface area (Å²) in [5.74, 6) is 0.295. The van der Waals surface area contributed by atoms with Gasteiger partial charge in [-0.3, -0.25) is 4.79 Å². The first-order valence-electron chi connectivity index (χ1n) is 6.66. The number of rotatable bonds is 3. The average Bonchev–Trinajstić information content (AvgIpc) is 2.98. The predicted octanol–water partition coefficient (Wildman–Crippen LogP) is 3.56. The van der Waals surface area contributed by atoms with Crippen molar-refractivity contribution in [1.29, 1.82) is 0 Å². The zero-order valence-electron chi connectivity index (χ0n) is 12.1. The molecule has 0 aliphatic carbocycles. The summed E-state index contributed by atoms with van der Waals surface area (Å²) in [4.78, 5) is 16.6. The van der Waals surface area contributed by atoms with E-state index in [4.69, 9.17) is 16.3 Å². The fourth-order valence-corrected chi connectivity index (χ4v) is 2.33. The van der Waals surface area contributed by atoms with E-state index in [1.165, 1.54) is 7.11 Å². The van der Waals surface area contributed by atoms with Crippen LogP contribution >= 0.6 is 11.6 Å². The summed E-state index contributed by atoms with van der Waals surface area (Å²) in [6.45, 7) is 1.87. The monoisotopic (exact) mass is 315 g/mol. The van der Waals surface area contributed by atoms with Crippen molar-refractivity contribution in [3.8, 4) is 5.75 Å². The number of pyridine rings is 1. The Balaban J connectivity index is 1.92. The Kier molecular flexibility index (Phi) is 3.73. The molecule has 2 aromatic heterocycles. The van der Waals surface area contributed by atoms with Gasteiger partial charge in [-0.15, -0.1) is 0 Å². The van der Waals surface area contributed by atoms with Gasteiger partial charge in [-0.2, -0.15) is 0 Å². The normalized spacial score (nSPS) is 10.7. The minimum absolute atomic E-state index is 0.226. The van der Waals surface area contributed by atoms with Gasteiger partial charge in [-0.25, -0.2) is 4.98 Å². The van der Waals surface area contributed by atoms with Gasteiger partial charge in [-0.05, 0) is 30.7 Å². The lowest BCUT2D eigenvalue weighted by atomic mass is 10.2. The van der Waals surface area contributed by atoms with Crippen molar-refractivity contribution in [3.63, 3.8) is 0 Å². The molecule has 5 nitrogen and oxygen atoms in total. The molecule has 2 heterocycles. The zero-order valence-corrected chi connectivity index (χ0v) is 12.9. The number of imidazole rings is 1. The van der Waals surface area contributed by atoms with Gasteiger partial charge in [0.1, 0.15) is 11.4 Å². The Morgan fingerprint density at radius 2 is 2.18 bits per heavy atom. The van der Waals surface area contributed by atoms with E-state index in [0.29, 0.717) is 22.0 Å². The van der Waals surface area contributed by atoms with E-state index >= 15 is 0 Å². The largest absolute Gasteiger partial charge is 0.495 e. The fraction of sp³-hybridized carbons (Fsp3) is 0.125. The van der Waals surface area contributed by atoms with Crippen molar-refractivity contribution in [2.45, 2.75) is 6.92 Å². The van der Waals surface area contributed by atoms with Gasteiger partial charge in [0.2, 0.25) is 0 Å². The second kappa shape index (κ2) is 5.69. The van der Waals surface area contributed by atoms with Crippen molar-refractivity contribution in [1.82, 2.24) is 9.38 Å². The molecule has 6 heteroatoms. The molecule has 3 aromatic rings. The van der Waals surface area contributed by atoms with Crippen LogP contribution in [0.5, 0.6) is 5.75 Å². The van der Waals surface area contributed by atoms with Gasteiger partial charge in [0.25, 0.3) is 5.91 Å². The van der Waals surface area contributed by atoms with Crippen molar-refractivity contribution < 1.29 is 9.53 Å². The molecule has 0 atom stereocenters. The third kappa shape index (κ3) is 2.63. The first kappa shape index (κ1) is 14.4. The van der Waals surface area contributed by atoms with Crippen molar-refractivity contribution >= 4 is 28.8 Å². The number of nitrogens with zero attached hydrogens (tertiary/aromatic N) is 2. The highest BCUT2D eigenvalue weighted by Crippen LogP contribution is 2.31. The molecule has 1 N–H and O–H groups in total. The third-order valence-electron chi connectivity index (χ3n) is 3.38. The number of anilines is 1. The van der Waals surface area contributed by atoms with Gasteiger partial charge >= 0.3 is 0 Å². The summed E-state index contributed by atoms with van der Waals surface area (Å²) in [6, 6.07) is 6.99. The van der Waals surface area contributed by atoms with Gasteiger partial charge in [0.05, 0.1) is 18.4 Å². The molecule has 3 rings (SSSR count). The van der Waals surface area contributed by atoms with E-state index < -0.39 is 0 Å². The van der Waals surface area contributed by atoms with Crippen LogP contribution in [0.3, 0.4) is 0 Å². The third-order valence-corrected chi connectivity index (χ3v) is 3.79. The number of carbonyl (C=O) groups excluding carboxylic acids is 1. The summed E-state index contributed by atoms with van der Waals surface area (Å²) >= 11 is 6.07. The minimum Gasteiger partial charge on any atom is -0.495 e. The standard InChI is InChI=1S/C16H14ClN3O2/c1-10-7-13(14(22-2)8-12(10)17)19-16(21)11-3-4-15-18-5-6-20(15)9-11/h3-9H,1-2H3,(H,19,21). The molecule has 112 valence electrons. The molecule has 0 spiro atoms. The lowest BCUT2D eigenvalue weighted by Crippen LogP contribution is -2.13. The SMILES string of the molecule is COc1cc(Cl)c(C)cc1NC(=O)c1ccc2nccn2c1. The first-order chi connectivity index (χ1) is 10.6. The van der Waals surface area contributed by atoms with E-state index in [-0.39, 0.29) is 5.91 Å². The van der Waals surface area contributed by atoms with Gasteiger partial charge in [-0.1, -0.05) is 11.6 Å². The molecule has 0 unspecified atom stereocenters. The maximum Gasteiger partial charge on any atom is 0.257 e. The number of methoxy groups -OCH3 is 1.